The molecule has 0 unspecified atom stereocenters. The van der Waals surface area contributed by atoms with E-state index in [-0.39, 0.29) is 0 Å². The van der Waals surface area contributed by atoms with Crippen molar-refractivity contribution < 1.29 is 4.74 Å². The van der Waals surface area contributed by atoms with Crippen LogP contribution in [0.1, 0.15) is 16.8 Å². The van der Waals surface area contributed by atoms with Gasteiger partial charge in [-0.15, -0.1) is 0 Å². The molecule has 0 radical (unpaired) electrons. The molecule has 0 aliphatic carbocycles. The fourth-order valence-electron chi connectivity index (χ4n) is 2.39. The Morgan fingerprint density at radius 3 is 2.65 bits per heavy atom. The third-order valence-electron chi connectivity index (χ3n) is 3.57. The topological polar surface area (TPSA) is 62.3 Å². The molecule has 0 amide bonds. The van der Waals surface area contributed by atoms with Crippen LogP contribution in [0.15, 0.2) is 42.6 Å². The molecular weight excluding hydrogens is 288 g/mol. The molecule has 0 aliphatic heterocycles. The van der Waals surface area contributed by atoms with E-state index in [1.54, 1.807) is 19.2 Å². The normalized spacial score (nSPS) is 10.8. The quantitative estimate of drug-likeness (QED) is 0.802. The maximum Gasteiger partial charge on any atom is 0.140 e. The maximum atomic E-state index is 9.00. The third kappa shape index (κ3) is 2.87. The minimum absolute atomic E-state index is 0.593. The van der Waals surface area contributed by atoms with Gasteiger partial charge in [-0.3, -0.25) is 4.40 Å². The summed E-state index contributed by atoms with van der Waals surface area (Å²) >= 11 is 0. The van der Waals surface area contributed by atoms with Crippen molar-refractivity contribution in [1.82, 2.24) is 9.38 Å². The van der Waals surface area contributed by atoms with Crippen molar-refractivity contribution in [3.63, 3.8) is 0 Å². The summed E-state index contributed by atoms with van der Waals surface area (Å²) < 4.78 is 7.08. The summed E-state index contributed by atoms with van der Waals surface area (Å²) in [5.74, 6) is 1.71. The highest BCUT2D eigenvalue weighted by atomic mass is 16.5. The molecule has 114 valence electrons. The fraction of sp³-hybridized carbons (Fsp3) is 0.111. The van der Waals surface area contributed by atoms with Gasteiger partial charge in [-0.1, -0.05) is 18.2 Å². The van der Waals surface area contributed by atoms with Crippen molar-refractivity contribution in [1.29, 1.82) is 5.26 Å². The van der Waals surface area contributed by atoms with E-state index in [2.05, 4.69) is 16.4 Å². The number of rotatable bonds is 4. The van der Waals surface area contributed by atoms with Gasteiger partial charge in [0, 0.05) is 13.2 Å². The van der Waals surface area contributed by atoms with Crippen LogP contribution in [-0.4, -0.2) is 23.5 Å². The number of fused-ring (bicyclic) bond motifs is 1. The zero-order chi connectivity index (χ0) is 16.2. The van der Waals surface area contributed by atoms with Crippen LogP contribution in [0.2, 0.25) is 0 Å². The number of hydrogen-bond acceptors (Lipinski definition) is 4. The highest BCUT2D eigenvalue weighted by Crippen LogP contribution is 2.21. The number of anilines is 1. The van der Waals surface area contributed by atoms with E-state index < -0.39 is 0 Å². The van der Waals surface area contributed by atoms with Gasteiger partial charge in [0.25, 0.3) is 0 Å². The van der Waals surface area contributed by atoms with E-state index in [1.807, 2.05) is 54.1 Å². The van der Waals surface area contributed by atoms with Crippen LogP contribution >= 0.6 is 0 Å². The highest BCUT2D eigenvalue weighted by Gasteiger charge is 2.08. The van der Waals surface area contributed by atoms with Crippen LogP contribution in [0.5, 0.6) is 5.75 Å². The van der Waals surface area contributed by atoms with Gasteiger partial charge in [-0.05, 0) is 35.9 Å². The second-order valence-corrected chi connectivity index (χ2v) is 4.96. The number of ether oxygens (including phenoxy) is 1. The predicted octanol–water partition coefficient (Wildman–Crippen LogP) is 3.43. The van der Waals surface area contributed by atoms with Gasteiger partial charge in [-0.25, -0.2) is 4.98 Å². The van der Waals surface area contributed by atoms with Crippen molar-refractivity contribution >= 4 is 23.6 Å². The van der Waals surface area contributed by atoms with E-state index in [0.29, 0.717) is 5.56 Å². The van der Waals surface area contributed by atoms with Crippen LogP contribution in [0.25, 0.3) is 17.8 Å². The maximum absolute atomic E-state index is 9.00. The summed E-state index contributed by atoms with van der Waals surface area (Å²) in [7, 11) is 3.50. The van der Waals surface area contributed by atoms with Gasteiger partial charge < -0.3 is 10.1 Å². The molecule has 0 saturated carbocycles. The lowest BCUT2D eigenvalue weighted by atomic mass is 10.2. The zero-order valence-electron chi connectivity index (χ0n) is 12.9. The Bertz CT molecular complexity index is 901. The molecule has 1 N–H and O–H groups in total. The van der Waals surface area contributed by atoms with Crippen LogP contribution in [-0.2, 0) is 0 Å². The lowest BCUT2D eigenvalue weighted by Gasteiger charge is -2.01. The molecule has 2 heterocycles. The van der Waals surface area contributed by atoms with E-state index in [0.717, 1.165) is 28.5 Å². The average molecular weight is 304 g/mol. The second-order valence-electron chi connectivity index (χ2n) is 4.96. The number of imidazole rings is 1. The van der Waals surface area contributed by atoms with E-state index >= 15 is 0 Å². The molecule has 0 fully saturated rings. The Balaban J connectivity index is 1.98. The number of nitrogens with one attached hydrogen (secondary N) is 1. The molecule has 0 saturated heterocycles. The number of nitriles is 1. The standard InChI is InChI=1S/C18H16N4O/c1-20-18-16(8-5-13-3-6-15(23-2)7-4-13)21-17-11-14(12-19)9-10-22(17)18/h3-11,20H,1-2H3/b8-5+. The number of hydrogen-bond donors (Lipinski definition) is 1. The highest BCUT2D eigenvalue weighted by molar-refractivity contribution is 5.76. The fourth-order valence-corrected chi connectivity index (χ4v) is 2.39. The number of nitrogens with zero attached hydrogens (tertiary/aromatic N) is 3. The summed E-state index contributed by atoms with van der Waals surface area (Å²) in [6, 6.07) is 13.5. The first-order valence-electron chi connectivity index (χ1n) is 7.17. The second kappa shape index (κ2) is 6.24. The first kappa shape index (κ1) is 14.7. The van der Waals surface area contributed by atoms with Gasteiger partial charge in [0.1, 0.15) is 22.9 Å². The van der Waals surface area contributed by atoms with Gasteiger partial charge in [-0.2, -0.15) is 5.26 Å². The van der Waals surface area contributed by atoms with E-state index in [4.69, 9.17) is 10.00 Å². The number of aromatic nitrogens is 2. The molecule has 0 aliphatic rings. The number of pyridine rings is 1. The van der Waals surface area contributed by atoms with Gasteiger partial charge >= 0.3 is 0 Å². The first-order valence-corrected chi connectivity index (χ1v) is 7.17. The van der Waals surface area contributed by atoms with E-state index in [9.17, 15) is 0 Å². The van der Waals surface area contributed by atoms with Gasteiger partial charge in [0.05, 0.1) is 18.7 Å². The molecule has 0 atom stereocenters. The predicted molar refractivity (Wildman–Crippen MR) is 91.4 cm³/mol. The Morgan fingerprint density at radius 1 is 1.22 bits per heavy atom. The third-order valence-corrected chi connectivity index (χ3v) is 3.57. The molecule has 3 rings (SSSR count). The van der Waals surface area contributed by atoms with Crippen molar-refractivity contribution in [3.05, 3.63) is 59.4 Å². The summed E-state index contributed by atoms with van der Waals surface area (Å²) in [5, 5.41) is 12.2. The van der Waals surface area contributed by atoms with Gasteiger partial charge in [0.2, 0.25) is 0 Å². The molecular formula is C18H16N4O. The average Bonchev–Trinajstić information content (AvgIpc) is 2.96. The minimum Gasteiger partial charge on any atom is -0.497 e. The largest absolute Gasteiger partial charge is 0.497 e. The molecule has 5 heteroatoms. The Hall–Kier alpha value is -3.26. The smallest absolute Gasteiger partial charge is 0.140 e. The Kier molecular flexibility index (Phi) is 3.98. The van der Waals surface area contributed by atoms with Crippen LogP contribution in [0, 0.1) is 11.3 Å². The summed E-state index contributed by atoms with van der Waals surface area (Å²) in [6.45, 7) is 0. The van der Waals surface area contributed by atoms with Crippen molar-refractivity contribution in [2.45, 2.75) is 0 Å². The van der Waals surface area contributed by atoms with Crippen molar-refractivity contribution in [2.24, 2.45) is 0 Å². The Morgan fingerprint density at radius 2 is 2.00 bits per heavy atom. The molecule has 2 aromatic heterocycles. The molecule has 0 bridgehead atoms. The summed E-state index contributed by atoms with van der Waals surface area (Å²) in [6.07, 6.45) is 5.79. The summed E-state index contributed by atoms with van der Waals surface area (Å²) in [5.41, 5.74) is 3.21. The molecule has 5 nitrogen and oxygen atoms in total. The molecule has 3 aromatic rings. The van der Waals surface area contributed by atoms with Crippen LogP contribution in [0.3, 0.4) is 0 Å². The van der Waals surface area contributed by atoms with Crippen LogP contribution < -0.4 is 10.1 Å². The van der Waals surface area contributed by atoms with Crippen LogP contribution in [0.4, 0.5) is 5.82 Å². The van der Waals surface area contributed by atoms with Gasteiger partial charge in [0.15, 0.2) is 0 Å². The summed E-state index contributed by atoms with van der Waals surface area (Å²) in [4.78, 5) is 4.58. The number of benzene rings is 1. The lowest BCUT2D eigenvalue weighted by Crippen LogP contribution is -1.95. The minimum atomic E-state index is 0.593. The number of methoxy groups -OCH3 is 1. The monoisotopic (exact) mass is 304 g/mol. The molecule has 0 spiro atoms. The molecule has 23 heavy (non-hydrogen) atoms. The van der Waals surface area contributed by atoms with Crippen molar-refractivity contribution in [2.75, 3.05) is 19.5 Å². The van der Waals surface area contributed by atoms with Crippen molar-refractivity contribution in [3.8, 4) is 11.8 Å². The Labute approximate surface area is 134 Å². The molecule has 1 aromatic carbocycles. The zero-order valence-corrected chi connectivity index (χ0v) is 12.9. The van der Waals surface area contributed by atoms with E-state index in [1.165, 1.54) is 0 Å². The SMILES string of the molecule is CNc1c(/C=C/c2ccc(OC)cc2)nc2cc(C#N)ccn12. The lowest BCUT2D eigenvalue weighted by molar-refractivity contribution is 0.415. The first-order chi connectivity index (χ1) is 11.2.